The number of rotatable bonds is 3. The van der Waals surface area contributed by atoms with E-state index in [1.54, 1.807) is 42.5 Å². The number of halogens is 4. The Morgan fingerprint density at radius 1 is 0.909 bits per heavy atom. The second kappa shape index (κ2) is 7.45. The summed E-state index contributed by atoms with van der Waals surface area (Å²) in [6, 6.07) is 20.7. The number of amides is 1. The van der Waals surface area contributed by atoms with E-state index < -0.39 is 35.5 Å². The largest absolute Gasteiger partial charge is 0.443 e. The third-order valence-electron chi connectivity index (χ3n) is 6.38. The summed E-state index contributed by atoms with van der Waals surface area (Å²) in [5.41, 5.74) is -4.50. The molecule has 5 rings (SSSR count). The lowest BCUT2D eigenvalue weighted by Crippen LogP contribution is -2.60. The van der Waals surface area contributed by atoms with Crippen LogP contribution in [-0.4, -0.2) is 18.1 Å². The van der Waals surface area contributed by atoms with Crippen LogP contribution >= 0.6 is 15.9 Å². The zero-order valence-corrected chi connectivity index (χ0v) is 18.7. The van der Waals surface area contributed by atoms with E-state index >= 15 is 13.2 Å². The Morgan fingerprint density at radius 3 is 2.21 bits per heavy atom. The maximum absolute atomic E-state index is 15.0. The van der Waals surface area contributed by atoms with E-state index in [0.29, 0.717) is 10.2 Å². The molecule has 2 aliphatic rings. The van der Waals surface area contributed by atoms with Gasteiger partial charge in [0, 0.05) is 15.7 Å². The highest BCUT2D eigenvalue weighted by Crippen LogP contribution is 2.64. The molecule has 2 atom stereocenters. The third-order valence-corrected chi connectivity index (χ3v) is 6.90. The van der Waals surface area contributed by atoms with Gasteiger partial charge in [0.25, 0.3) is 5.60 Å². The van der Waals surface area contributed by atoms with E-state index in [-0.39, 0.29) is 17.7 Å². The quantitative estimate of drug-likeness (QED) is 0.424. The maximum Gasteiger partial charge on any atom is 0.434 e. The number of fused-ring (bicyclic) bond motifs is 2. The number of benzene rings is 3. The zero-order chi connectivity index (χ0) is 23.4. The molecular formula is C25H17BrF3NO3. The van der Waals surface area contributed by atoms with Crippen LogP contribution in [0.4, 0.5) is 18.9 Å². The molecule has 1 amide bonds. The minimum atomic E-state index is -5.06. The number of esters is 1. The highest BCUT2D eigenvalue weighted by molar-refractivity contribution is 9.10. The predicted molar refractivity (Wildman–Crippen MR) is 118 cm³/mol. The third kappa shape index (κ3) is 2.96. The number of hydrogen-bond acceptors (Lipinski definition) is 3. The number of para-hydroxylation sites is 1. The highest BCUT2D eigenvalue weighted by atomic mass is 79.9. The van der Waals surface area contributed by atoms with Gasteiger partial charge in [0.05, 0.1) is 13.0 Å². The summed E-state index contributed by atoms with van der Waals surface area (Å²) < 4.78 is 50.8. The van der Waals surface area contributed by atoms with Gasteiger partial charge in [-0.1, -0.05) is 76.6 Å². The van der Waals surface area contributed by atoms with Crippen LogP contribution in [0, 0.1) is 0 Å². The molecule has 8 heteroatoms. The molecule has 3 aromatic rings. The fraction of sp³-hybridized carbons (Fsp3) is 0.200. The highest BCUT2D eigenvalue weighted by Gasteiger charge is 2.80. The SMILES string of the molecule is O=C1C[C@]2(C(=O)N(Cc3ccccc3)c3ccccc32)[C@@](c2ccc(Br)cc2)(C(F)(F)F)O1. The molecule has 0 aromatic heterocycles. The number of carbonyl (C=O) groups excluding carboxylic acids is 2. The molecule has 0 bridgehead atoms. The summed E-state index contributed by atoms with van der Waals surface area (Å²) >= 11 is 3.23. The first-order valence-corrected chi connectivity index (χ1v) is 11.0. The number of ether oxygens (including phenoxy) is 1. The average Bonchev–Trinajstić information content (AvgIpc) is 3.24. The minimum Gasteiger partial charge on any atom is -0.443 e. The molecule has 0 N–H and O–H groups in total. The van der Waals surface area contributed by atoms with Crippen LogP contribution < -0.4 is 4.90 Å². The predicted octanol–water partition coefficient (Wildman–Crippen LogP) is 5.64. The van der Waals surface area contributed by atoms with Crippen molar-refractivity contribution in [3.8, 4) is 0 Å². The average molecular weight is 516 g/mol. The van der Waals surface area contributed by atoms with E-state index in [1.165, 1.54) is 35.2 Å². The second-order valence-corrected chi connectivity index (χ2v) is 9.05. The zero-order valence-electron chi connectivity index (χ0n) is 17.1. The van der Waals surface area contributed by atoms with Crippen molar-refractivity contribution in [2.24, 2.45) is 0 Å². The van der Waals surface area contributed by atoms with Gasteiger partial charge in [0.2, 0.25) is 5.91 Å². The Morgan fingerprint density at radius 2 is 1.55 bits per heavy atom. The van der Waals surface area contributed by atoms with E-state index in [1.807, 2.05) is 6.07 Å². The van der Waals surface area contributed by atoms with E-state index in [2.05, 4.69) is 15.9 Å². The lowest BCUT2D eigenvalue weighted by molar-refractivity contribution is -0.279. The van der Waals surface area contributed by atoms with Crippen molar-refractivity contribution < 1.29 is 27.5 Å². The van der Waals surface area contributed by atoms with Crippen molar-refractivity contribution in [3.63, 3.8) is 0 Å². The summed E-state index contributed by atoms with van der Waals surface area (Å²) in [6.07, 6.45) is -5.76. The Hall–Kier alpha value is -3.13. The van der Waals surface area contributed by atoms with Gasteiger partial charge >= 0.3 is 12.1 Å². The molecule has 2 heterocycles. The normalized spacial score (nSPS) is 24.3. The van der Waals surface area contributed by atoms with Gasteiger partial charge < -0.3 is 9.64 Å². The van der Waals surface area contributed by atoms with Gasteiger partial charge in [0.15, 0.2) is 0 Å². The summed E-state index contributed by atoms with van der Waals surface area (Å²) in [6.45, 7) is 0.0703. The molecular weight excluding hydrogens is 499 g/mol. The molecule has 1 fully saturated rings. The van der Waals surface area contributed by atoms with Gasteiger partial charge in [-0.05, 0) is 29.3 Å². The standard InChI is InChI=1S/C25H17BrF3NO3/c26-18-12-10-17(11-13-18)24(25(27,28)29)23(14-21(31)33-24)19-8-4-5-9-20(19)30(22(23)32)15-16-6-2-1-3-7-16/h1-13H,14-15H2/t23-,24-/m0/s1. The summed E-state index contributed by atoms with van der Waals surface area (Å²) in [5.74, 6) is -1.88. The molecule has 168 valence electrons. The van der Waals surface area contributed by atoms with Gasteiger partial charge in [-0.2, -0.15) is 13.2 Å². The van der Waals surface area contributed by atoms with E-state index in [0.717, 1.165) is 5.56 Å². The number of nitrogens with zero attached hydrogens (tertiary/aromatic N) is 1. The van der Waals surface area contributed by atoms with Gasteiger partial charge in [0.1, 0.15) is 5.41 Å². The number of carbonyl (C=O) groups is 2. The number of alkyl halides is 3. The van der Waals surface area contributed by atoms with Gasteiger partial charge in [-0.25, -0.2) is 0 Å². The number of anilines is 1. The van der Waals surface area contributed by atoms with Crippen LogP contribution in [0.2, 0.25) is 0 Å². The van der Waals surface area contributed by atoms with Crippen LogP contribution in [-0.2, 0) is 31.9 Å². The van der Waals surface area contributed by atoms with E-state index in [9.17, 15) is 9.59 Å². The molecule has 2 aliphatic heterocycles. The van der Waals surface area contributed by atoms with E-state index in [4.69, 9.17) is 4.74 Å². The topological polar surface area (TPSA) is 46.6 Å². The van der Waals surface area contributed by atoms with Crippen molar-refractivity contribution in [1.82, 2.24) is 0 Å². The van der Waals surface area contributed by atoms with Crippen LogP contribution in [0.15, 0.2) is 83.3 Å². The van der Waals surface area contributed by atoms with Crippen molar-refractivity contribution in [1.29, 1.82) is 0 Å². The Bertz CT molecular complexity index is 1250. The molecule has 0 radical (unpaired) electrons. The summed E-state index contributed by atoms with van der Waals surface area (Å²) in [4.78, 5) is 28.0. The molecule has 0 saturated carbocycles. The lowest BCUT2D eigenvalue weighted by Gasteiger charge is -2.41. The summed E-state index contributed by atoms with van der Waals surface area (Å²) in [7, 11) is 0. The van der Waals surface area contributed by atoms with Crippen molar-refractivity contribution in [3.05, 3.63) is 100 Å². The molecule has 1 saturated heterocycles. The Labute approximate surface area is 196 Å². The first-order chi connectivity index (χ1) is 15.7. The number of cyclic esters (lactones) is 1. The Balaban J connectivity index is 1.78. The fourth-order valence-corrected chi connectivity index (χ4v) is 5.31. The van der Waals surface area contributed by atoms with Crippen molar-refractivity contribution in [2.75, 3.05) is 4.90 Å². The van der Waals surface area contributed by atoms with Crippen LogP contribution in [0.3, 0.4) is 0 Å². The van der Waals surface area contributed by atoms with Crippen LogP contribution in [0.1, 0.15) is 23.1 Å². The molecule has 0 aliphatic carbocycles. The molecule has 33 heavy (non-hydrogen) atoms. The van der Waals surface area contributed by atoms with Crippen LogP contribution in [0.25, 0.3) is 0 Å². The molecule has 3 aromatic carbocycles. The van der Waals surface area contributed by atoms with Gasteiger partial charge in [-0.3, -0.25) is 9.59 Å². The van der Waals surface area contributed by atoms with Gasteiger partial charge in [-0.15, -0.1) is 0 Å². The van der Waals surface area contributed by atoms with Crippen molar-refractivity contribution >= 4 is 33.5 Å². The smallest absolute Gasteiger partial charge is 0.434 e. The monoisotopic (exact) mass is 515 g/mol. The first-order valence-electron chi connectivity index (χ1n) is 10.2. The fourth-order valence-electron chi connectivity index (χ4n) is 5.05. The number of hydrogen-bond donors (Lipinski definition) is 0. The first kappa shape index (κ1) is 21.7. The second-order valence-electron chi connectivity index (χ2n) is 8.14. The minimum absolute atomic E-state index is 0.0703. The Kier molecular flexibility index (Phi) is 4.90. The van der Waals surface area contributed by atoms with Crippen LogP contribution in [0.5, 0.6) is 0 Å². The molecule has 1 spiro atoms. The summed E-state index contributed by atoms with van der Waals surface area (Å²) in [5, 5.41) is 0. The van der Waals surface area contributed by atoms with Crippen molar-refractivity contribution in [2.45, 2.75) is 30.2 Å². The lowest BCUT2D eigenvalue weighted by atomic mass is 9.64. The maximum atomic E-state index is 15.0. The molecule has 0 unspecified atom stereocenters. The molecule has 4 nitrogen and oxygen atoms in total.